The highest BCUT2D eigenvalue weighted by molar-refractivity contribution is 6.08. The maximum absolute atomic E-state index is 11.8. The number of ether oxygens (including phenoxy) is 1. The molecule has 0 spiro atoms. The highest BCUT2D eigenvalue weighted by Crippen LogP contribution is 2.49. The van der Waals surface area contributed by atoms with Crippen LogP contribution in [0.1, 0.15) is 40.6 Å². The smallest absolute Gasteiger partial charge is 0.161 e. The Balaban J connectivity index is 2.16. The van der Waals surface area contributed by atoms with E-state index < -0.39 is 0 Å². The van der Waals surface area contributed by atoms with E-state index in [1.807, 2.05) is 17.8 Å². The molecule has 0 fully saturated rings. The van der Waals surface area contributed by atoms with E-state index in [2.05, 4.69) is 24.3 Å². The van der Waals surface area contributed by atoms with E-state index in [-0.39, 0.29) is 18.0 Å². The van der Waals surface area contributed by atoms with E-state index in [1.54, 1.807) is 6.92 Å². The lowest BCUT2D eigenvalue weighted by Crippen LogP contribution is -1.97. The van der Waals surface area contributed by atoms with Gasteiger partial charge >= 0.3 is 0 Å². The molecule has 0 aliphatic carbocycles. The molecule has 4 rings (SSSR count). The normalized spacial score (nSPS) is 23.9. The lowest BCUT2D eigenvalue weighted by molar-refractivity contribution is 0.0883. The number of carbonyl (C=O) groups is 1. The van der Waals surface area contributed by atoms with Crippen molar-refractivity contribution < 1.29 is 9.53 Å². The van der Waals surface area contributed by atoms with Gasteiger partial charge in [-0.25, -0.2) is 0 Å². The maximum atomic E-state index is 11.8. The Bertz CT molecular complexity index is 724. The molecular formula is C15H13NO2. The van der Waals surface area contributed by atoms with Gasteiger partial charge in [-0.3, -0.25) is 4.79 Å². The van der Waals surface area contributed by atoms with Crippen molar-refractivity contribution >= 4 is 16.7 Å². The highest BCUT2D eigenvalue weighted by atomic mass is 16.5. The second-order valence-corrected chi connectivity index (χ2v) is 5.03. The number of nitrogens with zero attached hydrogens (tertiary/aromatic N) is 1. The van der Waals surface area contributed by atoms with E-state index >= 15 is 0 Å². The lowest BCUT2D eigenvalue weighted by atomic mass is 9.91. The molecule has 3 nitrogen and oxygen atoms in total. The molecule has 3 heterocycles. The van der Waals surface area contributed by atoms with E-state index in [0.717, 1.165) is 16.5 Å². The number of fused-ring (bicyclic) bond motifs is 7. The lowest BCUT2D eigenvalue weighted by Gasteiger charge is -2.09. The zero-order valence-electron chi connectivity index (χ0n) is 10.3. The van der Waals surface area contributed by atoms with Gasteiger partial charge in [0.2, 0.25) is 0 Å². The summed E-state index contributed by atoms with van der Waals surface area (Å²) < 4.78 is 7.88. The van der Waals surface area contributed by atoms with Crippen molar-refractivity contribution in [2.45, 2.75) is 19.1 Å². The molecule has 2 aliphatic rings. The molecule has 0 N–H and O–H groups in total. The van der Waals surface area contributed by atoms with Crippen molar-refractivity contribution in [3.63, 3.8) is 0 Å². The number of aromatic nitrogens is 1. The van der Waals surface area contributed by atoms with Crippen LogP contribution in [-0.2, 0) is 11.8 Å². The van der Waals surface area contributed by atoms with Gasteiger partial charge in [-0.15, -0.1) is 0 Å². The summed E-state index contributed by atoms with van der Waals surface area (Å²) in [6.45, 7) is 1.62. The van der Waals surface area contributed by atoms with Crippen LogP contribution in [0, 0.1) is 0 Å². The van der Waals surface area contributed by atoms with E-state index in [4.69, 9.17) is 4.74 Å². The zero-order valence-corrected chi connectivity index (χ0v) is 10.3. The first-order valence-electron chi connectivity index (χ1n) is 6.13. The minimum Gasteiger partial charge on any atom is -0.357 e. The first-order chi connectivity index (χ1) is 8.66. The van der Waals surface area contributed by atoms with Crippen molar-refractivity contribution in [3.8, 4) is 0 Å². The van der Waals surface area contributed by atoms with Gasteiger partial charge in [0.15, 0.2) is 5.78 Å². The molecule has 2 aromatic rings. The van der Waals surface area contributed by atoms with Crippen LogP contribution in [0.5, 0.6) is 0 Å². The molecule has 2 bridgehead atoms. The standard InChI is InChI=1S/C15H13NO2/c1-8(17)10-7-16(2)11-4-3-9-12-5-6-13(18-12)15(9)14(10)11/h3-7,12-13H,1-2H3/t12-,13+/m0/s1. The van der Waals surface area contributed by atoms with Crippen LogP contribution in [0.3, 0.4) is 0 Å². The summed E-state index contributed by atoms with van der Waals surface area (Å²) in [7, 11) is 1.98. The average Bonchev–Trinajstić information content (AvgIpc) is 3.01. The molecule has 0 saturated heterocycles. The third kappa shape index (κ3) is 1.05. The Kier molecular flexibility index (Phi) is 1.75. The van der Waals surface area contributed by atoms with E-state index in [0.29, 0.717) is 0 Å². The van der Waals surface area contributed by atoms with E-state index in [1.165, 1.54) is 11.1 Å². The summed E-state index contributed by atoms with van der Waals surface area (Å²) >= 11 is 0. The summed E-state index contributed by atoms with van der Waals surface area (Å²) in [5.74, 6) is 0.112. The zero-order chi connectivity index (χ0) is 12.4. The Morgan fingerprint density at radius 1 is 1.28 bits per heavy atom. The number of hydrogen-bond donors (Lipinski definition) is 0. The number of hydrogen-bond acceptors (Lipinski definition) is 2. The second kappa shape index (κ2) is 3.12. The minimum atomic E-state index is 0.0224. The minimum absolute atomic E-state index is 0.0224. The molecule has 2 aliphatic heterocycles. The van der Waals surface area contributed by atoms with E-state index in [9.17, 15) is 4.79 Å². The Morgan fingerprint density at radius 2 is 2.06 bits per heavy atom. The number of carbonyl (C=O) groups excluding carboxylic acids is 1. The van der Waals surface area contributed by atoms with Crippen molar-refractivity contribution in [2.75, 3.05) is 0 Å². The van der Waals surface area contributed by atoms with Gasteiger partial charge in [0.05, 0.1) is 0 Å². The molecule has 3 heteroatoms. The summed E-state index contributed by atoms with van der Waals surface area (Å²) in [5.41, 5.74) is 4.30. The Hall–Kier alpha value is -1.87. The molecule has 0 radical (unpaired) electrons. The molecule has 0 amide bonds. The fraction of sp³-hybridized carbons (Fsp3) is 0.267. The van der Waals surface area contributed by atoms with Gasteiger partial charge in [-0.1, -0.05) is 18.2 Å². The molecule has 1 aromatic heterocycles. The third-order valence-corrected chi connectivity index (χ3v) is 3.95. The van der Waals surface area contributed by atoms with Crippen molar-refractivity contribution in [1.29, 1.82) is 0 Å². The molecule has 2 atom stereocenters. The number of ketones is 1. The quantitative estimate of drug-likeness (QED) is 0.565. The summed E-state index contributed by atoms with van der Waals surface area (Å²) in [5, 5.41) is 1.07. The van der Waals surface area contributed by atoms with Crippen molar-refractivity contribution in [3.05, 3.63) is 47.2 Å². The molecule has 0 saturated carbocycles. The SMILES string of the molecule is CC(=O)c1cn(C)c2ccc3c(c12)[C@H]1C=C[C@@H]3O1. The van der Waals surface area contributed by atoms with Crippen LogP contribution in [0.25, 0.3) is 10.9 Å². The summed E-state index contributed by atoms with van der Waals surface area (Å²) in [6.07, 6.45) is 6.20. The van der Waals surface area contributed by atoms with Crippen LogP contribution in [0.4, 0.5) is 0 Å². The molecular weight excluding hydrogens is 226 g/mol. The predicted molar refractivity (Wildman–Crippen MR) is 68.6 cm³/mol. The van der Waals surface area contributed by atoms with Crippen molar-refractivity contribution in [2.24, 2.45) is 7.05 Å². The topological polar surface area (TPSA) is 31.2 Å². The molecule has 18 heavy (non-hydrogen) atoms. The number of benzene rings is 1. The Morgan fingerprint density at radius 3 is 2.83 bits per heavy atom. The van der Waals surface area contributed by atoms with Gasteiger partial charge in [-0.05, 0) is 18.6 Å². The fourth-order valence-corrected chi connectivity index (χ4v) is 3.14. The molecule has 90 valence electrons. The van der Waals surface area contributed by atoms with Gasteiger partial charge in [0.1, 0.15) is 12.2 Å². The van der Waals surface area contributed by atoms with Crippen LogP contribution < -0.4 is 0 Å². The summed E-state index contributed by atoms with van der Waals surface area (Å²) in [6, 6.07) is 4.20. The van der Waals surface area contributed by atoms with Gasteiger partial charge < -0.3 is 9.30 Å². The van der Waals surface area contributed by atoms with Crippen LogP contribution in [0.2, 0.25) is 0 Å². The number of Topliss-reactive ketones (excluding diaryl/α,β-unsaturated/α-hetero) is 1. The van der Waals surface area contributed by atoms with Crippen molar-refractivity contribution in [1.82, 2.24) is 4.57 Å². The number of rotatable bonds is 1. The second-order valence-electron chi connectivity index (χ2n) is 5.03. The monoisotopic (exact) mass is 239 g/mol. The van der Waals surface area contributed by atoms with Crippen LogP contribution in [-0.4, -0.2) is 10.4 Å². The fourth-order valence-electron chi connectivity index (χ4n) is 3.14. The molecule has 0 unspecified atom stereocenters. The first kappa shape index (κ1) is 10.1. The van der Waals surface area contributed by atoms with Crippen LogP contribution >= 0.6 is 0 Å². The maximum Gasteiger partial charge on any atom is 0.161 e. The largest absolute Gasteiger partial charge is 0.357 e. The van der Waals surface area contributed by atoms with Crippen LogP contribution in [0.15, 0.2) is 30.5 Å². The predicted octanol–water partition coefficient (Wildman–Crippen LogP) is 3.06. The van der Waals surface area contributed by atoms with Gasteiger partial charge in [0.25, 0.3) is 0 Å². The first-order valence-corrected chi connectivity index (χ1v) is 6.13. The van der Waals surface area contributed by atoms with Gasteiger partial charge in [-0.2, -0.15) is 0 Å². The Labute approximate surface area is 105 Å². The van der Waals surface area contributed by atoms with Gasteiger partial charge in [0, 0.05) is 35.3 Å². The summed E-state index contributed by atoms with van der Waals surface area (Å²) in [4.78, 5) is 11.8. The number of aryl methyl sites for hydroxylation is 1. The molecule has 1 aromatic carbocycles. The highest BCUT2D eigenvalue weighted by Gasteiger charge is 2.36. The average molecular weight is 239 g/mol. The third-order valence-electron chi connectivity index (χ3n) is 3.95.